The van der Waals surface area contributed by atoms with E-state index in [2.05, 4.69) is 16.0 Å². The van der Waals surface area contributed by atoms with Gasteiger partial charge in [-0.1, -0.05) is 19.9 Å². The number of hydrogen-bond acceptors (Lipinski definition) is 5. The van der Waals surface area contributed by atoms with Gasteiger partial charge in [0.25, 0.3) is 5.91 Å². The standard InChI is InChI=1S/C15H23N3O3S.ClH/c1-9(2)13(18-14(20)12-4-3-5-22-12)15(21)17-7-10-6-16-8-11(10)19;/h3-5,9-11,13,16,19H,6-8H2,1-2H3,(H,17,21)(H,18,20);1H. The van der Waals surface area contributed by atoms with E-state index in [-0.39, 0.29) is 36.1 Å². The van der Waals surface area contributed by atoms with Crippen molar-refractivity contribution in [3.05, 3.63) is 22.4 Å². The van der Waals surface area contributed by atoms with Crippen molar-refractivity contribution in [1.82, 2.24) is 16.0 Å². The Labute approximate surface area is 146 Å². The highest BCUT2D eigenvalue weighted by Crippen LogP contribution is 2.11. The number of nitrogens with one attached hydrogen (secondary N) is 3. The predicted molar refractivity (Wildman–Crippen MR) is 93.0 cm³/mol. The van der Waals surface area contributed by atoms with E-state index in [9.17, 15) is 14.7 Å². The average molecular weight is 362 g/mol. The van der Waals surface area contributed by atoms with Crippen LogP contribution in [0.1, 0.15) is 23.5 Å². The van der Waals surface area contributed by atoms with Gasteiger partial charge in [-0.15, -0.1) is 23.7 Å². The van der Waals surface area contributed by atoms with Gasteiger partial charge in [0, 0.05) is 25.6 Å². The van der Waals surface area contributed by atoms with Gasteiger partial charge in [-0.05, 0) is 17.4 Å². The van der Waals surface area contributed by atoms with E-state index in [0.29, 0.717) is 24.5 Å². The van der Waals surface area contributed by atoms with Crippen LogP contribution < -0.4 is 16.0 Å². The van der Waals surface area contributed by atoms with E-state index in [1.165, 1.54) is 11.3 Å². The molecule has 2 rings (SSSR count). The van der Waals surface area contributed by atoms with Gasteiger partial charge in [-0.3, -0.25) is 9.59 Å². The smallest absolute Gasteiger partial charge is 0.262 e. The van der Waals surface area contributed by atoms with Crippen LogP contribution in [0.5, 0.6) is 0 Å². The molecule has 0 saturated carbocycles. The molecule has 2 amide bonds. The van der Waals surface area contributed by atoms with Crippen LogP contribution in [0.25, 0.3) is 0 Å². The van der Waals surface area contributed by atoms with E-state index < -0.39 is 12.1 Å². The van der Waals surface area contributed by atoms with Crippen LogP contribution in [0.3, 0.4) is 0 Å². The highest BCUT2D eigenvalue weighted by Gasteiger charge is 2.28. The van der Waals surface area contributed by atoms with Crippen molar-refractivity contribution < 1.29 is 14.7 Å². The van der Waals surface area contributed by atoms with E-state index >= 15 is 0 Å². The topological polar surface area (TPSA) is 90.5 Å². The van der Waals surface area contributed by atoms with Crippen molar-refractivity contribution in [2.45, 2.75) is 26.0 Å². The summed E-state index contributed by atoms with van der Waals surface area (Å²) in [6.45, 7) is 5.44. The Morgan fingerprint density at radius 3 is 2.70 bits per heavy atom. The maximum atomic E-state index is 12.3. The van der Waals surface area contributed by atoms with Gasteiger partial charge < -0.3 is 21.1 Å². The maximum Gasteiger partial charge on any atom is 0.262 e. The van der Waals surface area contributed by atoms with Crippen molar-refractivity contribution in [2.24, 2.45) is 11.8 Å². The molecule has 0 radical (unpaired) electrons. The number of aliphatic hydroxyl groups is 1. The molecule has 0 aromatic carbocycles. The molecule has 130 valence electrons. The number of carbonyl (C=O) groups excluding carboxylic acids is 2. The first kappa shape index (κ1) is 19.9. The zero-order valence-corrected chi connectivity index (χ0v) is 14.9. The lowest BCUT2D eigenvalue weighted by Gasteiger charge is -2.23. The SMILES string of the molecule is CC(C)C(NC(=O)c1cccs1)C(=O)NCC1CNCC1O.Cl. The number of aliphatic hydroxyl groups excluding tert-OH is 1. The number of amides is 2. The first-order chi connectivity index (χ1) is 10.5. The Hall–Kier alpha value is -1.15. The highest BCUT2D eigenvalue weighted by molar-refractivity contribution is 7.12. The third-order valence-corrected chi connectivity index (χ3v) is 4.69. The Morgan fingerprint density at radius 2 is 2.17 bits per heavy atom. The molecular formula is C15H24ClN3O3S. The highest BCUT2D eigenvalue weighted by atomic mass is 35.5. The Morgan fingerprint density at radius 1 is 1.43 bits per heavy atom. The molecule has 1 aliphatic rings. The lowest BCUT2D eigenvalue weighted by molar-refractivity contribution is -0.124. The van der Waals surface area contributed by atoms with Gasteiger partial charge in [0.2, 0.25) is 5.91 Å². The van der Waals surface area contributed by atoms with Crippen LogP contribution in [0.15, 0.2) is 17.5 Å². The quantitative estimate of drug-likeness (QED) is 0.598. The number of carbonyl (C=O) groups is 2. The van der Waals surface area contributed by atoms with Crippen LogP contribution in [-0.2, 0) is 4.79 Å². The molecule has 1 aliphatic heterocycles. The van der Waals surface area contributed by atoms with Gasteiger partial charge >= 0.3 is 0 Å². The van der Waals surface area contributed by atoms with Crippen molar-refractivity contribution in [3.8, 4) is 0 Å². The average Bonchev–Trinajstić information content (AvgIpc) is 3.13. The third kappa shape index (κ3) is 5.46. The van der Waals surface area contributed by atoms with Crippen molar-refractivity contribution in [2.75, 3.05) is 19.6 Å². The van der Waals surface area contributed by atoms with E-state index in [1.54, 1.807) is 12.1 Å². The molecule has 1 aromatic heterocycles. The number of rotatable bonds is 6. The summed E-state index contributed by atoms with van der Waals surface area (Å²) in [6, 6.07) is 2.95. The monoisotopic (exact) mass is 361 g/mol. The molecule has 23 heavy (non-hydrogen) atoms. The minimum absolute atomic E-state index is 0. The van der Waals surface area contributed by atoms with Crippen LogP contribution in [0.4, 0.5) is 0 Å². The minimum atomic E-state index is -0.582. The summed E-state index contributed by atoms with van der Waals surface area (Å²) in [5, 5.41) is 20.3. The summed E-state index contributed by atoms with van der Waals surface area (Å²) >= 11 is 1.35. The fourth-order valence-electron chi connectivity index (χ4n) is 2.42. The molecule has 1 fully saturated rings. The summed E-state index contributed by atoms with van der Waals surface area (Å²) in [4.78, 5) is 25.0. The molecule has 3 atom stereocenters. The lowest BCUT2D eigenvalue weighted by atomic mass is 10.0. The zero-order chi connectivity index (χ0) is 16.1. The van der Waals surface area contributed by atoms with Gasteiger partial charge in [0.05, 0.1) is 11.0 Å². The summed E-state index contributed by atoms with van der Waals surface area (Å²) in [7, 11) is 0. The normalized spacial score (nSPS) is 21.6. The Bertz CT molecular complexity index is 510. The number of hydrogen-bond donors (Lipinski definition) is 4. The van der Waals surface area contributed by atoms with Gasteiger partial charge in [0.15, 0.2) is 0 Å². The first-order valence-corrected chi connectivity index (χ1v) is 8.38. The lowest BCUT2D eigenvalue weighted by Crippen LogP contribution is -2.51. The summed E-state index contributed by atoms with van der Waals surface area (Å²) in [6.07, 6.45) is -0.432. The fraction of sp³-hybridized carbons (Fsp3) is 0.600. The van der Waals surface area contributed by atoms with Crippen LogP contribution >= 0.6 is 23.7 Å². The minimum Gasteiger partial charge on any atom is -0.391 e. The molecule has 0 bridgehead atoms. The summed E-state index contributed by atoms with van der Waals surface area (Å²) < 4.78 is 0. The Kier molecular flexibility index (Phi) is 7.98. The summed E-state index contributed by atoms with van der Waals surface area (Å²) in [5.41, 5.74) is 0. The predicted octanol–water partition coefficient (Wildman–Crippen LogP) is 0.621. The largest absolute Gasteiger partial charge is 0.391 e. The number of β-amino-alcohol motifs (C(OH)–C–C–N with tert-alkyl or cyclic N) is 1. The molecule has 4 N–H and O–H groups in total. The third-order valence-electron chi connectivity index (χ3n) is 3.82. The molecule has 3 unspecified atom stereocenters. The molecule has 0 aliphatic carbocycles. The van der Waals surface area contributed by atoms with Crippen LogP contribution in [0, 0.1) is 11.8 Å². The first-order valence-electron chi connectivity index (χ1n) is 7.50. The van der Waals surface area contributed by atoms with E-state index in [4.69, 9.17) is 0 Å². The fourth-order valence-corrected chi connectivity index (χ4v) is 3.05. The van der Waals surface area contributed by atoms with Crippen molar-refractivity contribution >= 4 is 35.6 Å². The van der Waals surface area contributed by atoms with Gasteiger partial charge in [0.1, 0.15) is 6.04 Å². The second-order valence-corrected chi connectivity index (χ2v) is 6.85. The van der Waals surface area contributed by atoms with Crippen molar-refractivity contribution in [1.29, 1.82) is 0 Å². The molecule has 6 nitrogen and oxygen atoms in total. The molecule has 8 heteroatoms. The molecule has 1 aromatic rings. The van der Waals surface area contributed by atoms with Gasteiger partial charge in [-0.2, -0.15) is 0 Å². The maximum absolute atomic E-state index is 12.3. The van der Waals surface area contributed by atoms with Crippen LogP contribution in [0.2, 0.25) is 0 Å². The van der Waals surface area contributed by atoms with Crippen molar-refractivity contribution in [3.63, 3.8) is 0 Å². The van der Waals surface area contributed by atoms with E-state index in [0.717, 1.165) is 0 Å². The second kappa shape index (κ2) is 9.22. The zero-order valence-electron chi connectivity index (χ0n) is 13.2. The van der Waals surface area contributed by atoms with Gasteiger partial charge in [-0.25, -0.2) is 0 Å². The second-order valence-electron chi connectivity index (χ2n) is 5.90. The molecular weight excluding hydrogens is 338 g/mol. The molecule has 1 saturated heterocycles. The van der Waals surface area contributed by atoms with Crippen LogP contribution in [-0.4, -0.2) is 48.7 Å². The molecule has 0 spiro atoms. The summed E-state index contributed by atoms with van der Waals surface area (Å²) in [5.74, 6) is -0.439. The van der Waals surface area contributed by atoms with E-state index in [1.807, 2.05) is 19.2 Å². The molecule has 2 heterocycles. The number of halogens is 1. The number of thiophene rings is 1. The Balaban J connectivity index is 0.00000264.